The van der Waals surface area contributed by atoms with E-state index < -0.39 is 0 Å². The highest BCUT2D eigenvalue weighted by Gasteiger charge is 2.08. The molecule has 0 fully saturated rings. The number of alkyl halides is 1. The van der Waals surface area contributed by atoms with Crippen molar-refractivity contribution in [2.75, 3.05) is 0 Å². The van der Waals surface area contributed by atoms with Gasteiger partial charge in [0.2, 0.25) is 5.89 Å². The molecule has 0 aliphatic rings. The third-order valence-electron chi connectivity index (χ3n) is 1.93. The Hall–Kier alpha value is -1.23. The topological polar surface area (TPSA) is 38.9 Å². The van der Waals surface area contributed by atoms with Gasteiger partial charge in [-0.1, -0.05) is 39.3 Å². The van der Waals surface area contributed by atoms with E-state index in [0.29, 0.717) is 29.0 Å². The molecule has 0 aliphatic heterocycles. The van der Waals surface area contributed by atoms with Crippen LogP contribution in [-0.4, -0.2) is 10.1 Å². The van der Waals surface area contributed by atoms with Crippen molar-refractivity contribution in [3.05, 3.63) is 47.4 Å². The number of aromatic nitrogens is 2. The molecule has 1 aromatic heterocycles. The van der Waals surface area contributed by atoms with Crippen LogP contribution >= 0.6 is 15.9 Å². The summed E-state index contributed by atoms with van der Waals surface area (Å²) < 4.78 is 18.2. The van der Waals surface area contributed by atoms with Gasteiger partial charge >= 0.3 is 0 Å². The fraction of sp³-hybridized carbons (Fsp3) is 0.200. The summed E-state index contributed by atoms with van der Waals surface area (Å²) in [7, 11) is 0. The van der Waals surface area contributed by atoms with Gasteiger partial charge in [0.25, 0.3) is 0 Å². The van der Waals surface area contributed by atoms with E-state index in [1.807, 2.05) is 0 Å². The number of halogens is 2. The lowest BCUT2D eigenvalue weighted by molar-refractivity contribution is 0.379. The minimum atomic E-state index is -0.254. The van der Waals surface area contributed by atoms with Gasteiger partial charge < -0.3 is 4.52 Å². The molecule has 1 heterocycles. The third-order valence-corrected chi connectivity index (χ3v) is 2.43. The van der Waals surface area contributed by atoms with E-state index in [-0.39, 0.29) is 5.82 Å². The van der Waals surface area contributed by atoms with Crippen LogP contribution < -0.4 is 0 Å². The molecule has 0 atom stereocenters. The van der Waals surface area contributed by atoms with E-state index >= 15 is 0 Å². The summed E-state index contributed by atoms with van der Waals surface area (Å²) in [6, 6.07) is 6.54. The second kappa shape index (κ2) is 4.53. The van der Waals surface area contributed by atoms with Crippen LogP contribution in [0.25, 0.3) is 0 Å². The summed E-state index contributed by atoms with van der Waals surface area (Å²) >= 11 is 3.21. The summed E-state index contributed by atoms with van der Waals surface area (Å²) in [6.45, 7) is 0. The van der Waals surface area contributed by atoms with Gasteiger partial charge in [0.15, 0.2) is 5.82 Å². The van der Waals surface area contributed by atoms with Crippen LogP contribution in [0.5, 0.6) is 0 Å². The number of rotatable bonds is 3. The van der Waals surface area contributed by atoms with E-state index in [2.05, 4.69) is 26.1 Å². The maximum absolute atomic E-state index is 13.3. The molecule has 5 heteroatoms. The summed E-state index contributed by atoms with van der Waals surface area (Å²) in [5.74, 6) is 0.743. The van der Waals surface area contributed by atoms with Crippen molar-refractivity contribution in [3.63, 3.8) is 0 Å². The van der Waals surface area contributed by atoms with Crippen LogP contribution in [0.4, 0.5) is 4.39 Å². The molecule has 0 radical (unpaired) electrons. The molecular formula is C10H8BrFN2O. The standard InChI is InChI=1S/C10H8BrFN2O/c11-6-9-13-10(15-14-9)5-7-3-1-2-4-8(7)12/h1-4H,5-6H2. The molecule has 0 unspecified atom stereocenters. The molecule has 0 bridgehead atoms. The van der Waals surface area contributed by atoms with Gasteiger partial charge in [-0.05, 0) is 11.6 Å². The molecule has 0 saturated carbocycles. The van der Waals surface area contributed by atoms with Crippen LogP contribution in [0.2, 0.25) is 0 Å². The van der Waals surface area contributed by atoms with Crippen LogP contribution in [0, 0.1) is 5.82 Å². The van der Waals surface area contributed by atoms with Crippen LogP contribution in [0.15, 0.2) is 28.8 Å². The predicted molar refractivity (Wildman–Crippen MR) is 56.1 cm³/mol. The van der Waals surface area contributed by atoms with Crippen LogP contribution in [0.3, 0.4) is 0 Å². The quantitative estimate of drug-likeness (QED) is 0.805. The van der Waals surface area contributed by atoms with Gasteiger partial charge in [-0.25, -0.2) is 4.39 Å². The Bertz CT molecular complexity index is 458. The van der Waals surface area contributed by atoms with Crippen molar-refractivity contribution in [2.24, 2.45) is 0 Å². The third kappa shape index (κ3) is 2.41. The van der Waals surface area contributed by atoms with E-state index in [1.165, 1.54) is 6.07 Å². The minimum absolute atomic E-state index is 0.254. The lowest BCUT2D eigenvalue weighted by Crippen LogP contribution is -1.92. The van der Waals surface area contributed by atoms with Crippen LogP contribution in [-0.2, 0) is 11.8 Å². The highest BCUT2D eigenvalue weighted by Crippen LogP contribution is 2.12. The lowest BCUT2D eigenvalue weighted by Gasteiger charge is -1.97. The Morgan fingerprint density at radius 3 is 2.80 bits per heavy atom. The number of benzene rings is 1. The monoisotopic (exact) mass is 270 g/mol. The first-order valence-corrected chi connectivity index (χ1v) is 5.52. The van der Waals surface area contributed by atoms with Gasteiger partial charge in [-0.15, -0.1) is 0 Å². The molecule has 0 amide bonds. The largest absolute Gasteiger partial charge is 0.339 e. The first-order valence-electron chi connectivity index (χ1n) is 4.40. The zero-order valence-electron chi connectivity index (χ0n) is 7.78. The number of hydrogen-bond donors (Lipinski definition) is 0. The molecule has 15 heavy (non-hydrogen) atoms. The molecule has 0 saturated heterocycles. The van der Waals surface area contributed by atoms with E-state index in [0.717, 1.165) is 0 Å². The average Bonchev–Trinajstić information content (AvgIpc) is 2.69. The fourth-order valence-electron chi connectivity index (χ4n) is 1.22. The second-order valence-corrected chi connectivity index (χ2v) is 3.57. The Balaban J connectivity index is 2.18. The van der Waals surface area contributed by atoms with Gasteiger partial charge in [0, 0.05) is 0 Å². The Morgan fingerprint density at radius 1 is 1.33 bits per heavy atom. The summed E-state index contributed by atoms with van der Waals surface area (Å²) in [6.07, 6.45) is 0.326. The second-order valence-electron chi connectivity index (χ2n) is 3.01. The lowest BCUT2D eigenvalue weighted by atomic mass is 10.1. The number of hydrogen-bond acceptors (Lipinski definition) is 3. The molecule has 2 rings (SSSR count). The molecular weight excluding hydrogens is 263 g/mol. The summed E-state index contributed by atoms with van der Waals surface area (Å²) in [4.78, 5) is 4.07. The van der Waals surface area contributed by atoms with Gasteiger partial charge in [0.05, 0.1) is 11.8 Å². The average molecular weight is 271 g/mol. The number of nitrogens with zero attached hydrogens (tertiary/aromatic N) is 2. The molecule has 3 nitrogen and oxygen atoms in total. The first kappa shape index (κ1) is 10.3. The smallest absolute Gasteiger partial charge is 0.231 e. The highest BCUT2D eigenvalue weighted by molar-refractivity contribution is 9.08. The summed E-state index contributed by atoms with van der Waals surface area (Å²) in [5.41, 5.74) is 0.558. The van der Waals surface area contributed by atoms with Crippen molar-refractivity contribution in [1.29, 1.82) is 0 Å². The maximum atomic E-state index is 13.3. The minimum Gasteiger partial charge on any atom is -0.339 e. The van der Waals surface area contributed by atoms with Crippen molar-refractivity contribution in [3.8, 4) is 0 Å². The molecule has 2 aromatic rings. The molecule has 1 aromatic carbocycles. The van der Waals surface area contributed by atoms with Crippen molar-refractivity contribution in [2.45, 2.75) is 11.8 Å². The maximum Gasteiger partial charge on any atom is 0.231 e. The van der Waals surface area contributed by atoms with Gasteiger partial charge in [-0.2, -0.15) is 4.98 Å². The normalized spacial score (nSPS) is 10.5. The molecule has 0 aliphatic carbocycles. The van der Waals surface area contributed by atoms with Gasteiger partial charge in [-0.3, -0.25) is 0 Å². The fourth-order valence-corrected chi connectivity index (χ4v) is 1.45. The van der Waals surface area contributed by atoms with E-state index in [1.54, 1.807) is 18.2 Å². The zero-order valence-corrected chi connectivity index (χ0v) is 9.37. The Kier molecular flexibility index (Phi) is 3.11. The Morgan fingerprint density at radius 2 is 2.13 bits per heavy atom. The summed E-state index contributed by atoms with van der Waals surface area (Å²) in [5, 5.41) is 4.24. The van der Waals surface area contributed by atoms with E-state index in [9.17, 15) is 4.39 Å². The van der Waals surface area contributed by atoms with E-state index in [4.69, 9.17) is 4.52 Å². The predicted octanol–water partition coefficient (Wildman–Crippen LogP) is 2.69. The Labute approximate surface area is 94.4 Å². The molecule has 0 spiro atoms. The first-order chi connectivity index (χ1) is 7.29. The van der Waals surface area contributed by atoms with Gasteiger partial charge in [0.1, 0.15) is 5.82 Å². The SMILES string of the molecule is Fc1ccccc1Cc1nc(CBr)no1. The highest BCUT2D eigenvalue weighted by atomic mass is 79.9. The van der Waals surface area contributed by atoms with Crippen molar-refractivity contribution >= 4 is 15.9 Å². The van der Waals surface area contributed by atoms with Crippen molar-refractivity contribution in [1.82, 2.24) is 10.1 Å². The molecule has 0 N–H and O–H groups in total. The molecule has 78 valence electrons. The zero-order chi connectivity index (χ0) is 10.7. The van der Waals surface area contributed by atoms with Crippen LogP contribution in [0.1, 0.15) is 17.3 Å². The van der Waals surface area contributed by atoms with Crippen molar-refractivity contribution < 1.29 is 8.91 Å².